The van der Waals surface area contributed by atoms with Gasteiger partial charge in [0.1, 0.15) is 0 Å². The van der Waals surface area contributed by atoms with Gasteiger partial charge in [-0.05, 0) is 52.9 Å². The summed E-state index contributed by atoms with van der Waals surface area (Å²) in [7, 11) is 0. The summed E-state index contributed by atoms with van der Waals surface area (Å²) < 4.78 is 0. The SMILES string of the molecule is C=C/C=C\C=C(/C)c1nc(-c2ccccc2)cc(-c2cccc(-c3cccc(-c4nc(-c5ccccc5)nc(-c5ccc(-c6ccccc6)cc5)n4)c3)c2)n1. The fourth-order valence-electron chi connectivity index (χ4n) is 6.37. The Morgan fingerprint density at radius 2 is 0.800 bits per heavy atom. The lowest BCUT2D eigenvalue weighted by molar-refractivity contribution is 1.07. The number of aromatic nitrogens is 5. The van der Waals surface area contributed by atoms with Crippen molar-refractivity contribution < 1.29 is 0 Å². The third kappa shape index (κ3) is 8.02. The fourth-order valence-corrected chi connectivity index (χ4v) is 6.37. The zero-order valence-electron chi connectivity index (χ0n) is 30.4. The highest BCUT2D eigenvalue weighted by atomic mass is 15.0. The molecule has 5 heteroatoms. The highest BCUT2D eigenvalue weighted by molar-refractivity contribution is 5.78. The summed E-state index contributed by atoms with van der Waals surface area (Å²) >= 11 is 0. The second-order valence-corrected chi connectivity index (χ2v) is 13.1. The van der Waals surface area contributed by atoms with Crippen molar-refractivity contribution in [2.75, 3.05) is 0 Å². The van der Waals surface area contributed by atoms with Crippen molar-refractivity contribution in [2.24, 2.45) is 0 Å². The maximum Gasteiger partial charge on any atom is 0.164 e. The Hall–Kier alpha value is -7.37. The molecule has 0 radical (unpaired) electrons. The summed E-state index contributed by atoms with van der Waals surface area (Å²) in [6.07, 6.45) is 7.61. The molecule has 0 aliphatic heterocycles. The number of benzene rings is 6. The summed E-state index contributed by atoms with van der Waals surface area (Å²) in [6, 6.07) is 57.9. The smallest absolute Gasteiger partial charge is 0.164 e. The number of allylic oxidation sites excluding steroid dienone is 5. The molecule has 0 aliphatic rings. The van der Waals surface area contributed by atoms with Crippen LogP contribution in [0.25, 0.3) is 84.5 Å². The van der Waals surface area contributed by atoms with Gasteiger partial charge in [-0.15, -0.1) is 0 Å². The first kappa shape index (κ1) is 34.7. The number of rotatable bonds is 10. The molecular formula is C50H37N5. The van der Waals surface area contributed by atoms with Crippen LogP contribution in [-0.2, 0) is 0 Å². The van der Waals surface area contributed by atoms with E-state index in [-0.39, 0.29) is 0 Å². The van der Waals surface area contributed by atoms with Gasteiger partial charge in [0, 0.05) is 27.8 Å². The lowest BCUT2D eigenvalue weighted by Gasteiger charge is -2.12. The number of hydrogen-bond donors (Lipinski definition) is 0. The van der Waals surface area contributed by atoms with Gasteiger partial charge < -0.3 is 0 Å². The highest BCUT2D eigenvalue weighted by Gasteiger charge is 2.15. The lowest BCUT2D eigenvalue weighted by atomic mass is 9.99. The largest absolute Gasteiger partial charge is 0.228 e. The minimum absolute atomic E-state index is 0.606. The van der Waals surface area contributed by atoms with Gasteiger partial charge in [-0.3, -0.25) is 0 Å². The van der Waals surface area contributed by atoms with Crippen LogP contribution in [0, 0.1) is 0 Å². The molecule has 262 valence electrons. The van der Waals surface area contributed by atoms with E-state index in [2.05, 4.69) is 122 Å². The zero-order valence-corrected chi connectivity index (χ0v) is 30.4. The Morgan fingerprint density at radius 1 is 0.382 bits per heavy atom. The van der Waals surface area contributed by atoms with E-state index in [9.17, 15) is 0 Å². The van der Waals surface area contributed by atoms with Crippen LogP contribution in [0.2, 0.25) is 0 Å². The Morgan fingerprint density at radius 3 is 1.40 bits per heavy atom. The Labute approximate surface area is 321 Å². The average molecular weight is 708 g/mol. The van der Waals surface area contributed by atoms with Gasteiger partial charge in [0.15, 0.2) is 23.3 Å². The lowest BCUT2D eigenvalue weighted by Crippen LogP contribution is -2.00. The van der Waals surface area contributed by atoms with Gasteiger partial charge in [0.25, 0.3) is 0 Å². The zero-order chi connectivity index (χ0) is 37.4. The van der Waals surface area contributed by atoms with Gasteiger partial charge in [0.2, 0.25) is 0 Å². The number of nitrogens with zero attached hydrogens (tertiary/aromatic N) is 5. The van der Waals surface area contributed by atoms with Crippen molar-refractivity contribution in [2.45, 2.75) is 6.92 Å². The van der Waals surface area contributed by atoms with Crippen molar-refractivity contribution in [3.63, 3.8) is 0 Å². The number of hydrogen-bond acceptors (Lipinski definition) is 5. The molecule has 8 rings (SSSR count). The molecule has 0 bridgehead atoms. The third-order valence-electron chi connectivity index (χ3n) is 9.27. The fraction of sp³-hybridized carbons (Fsp3) is 0.0200. The van der Waals surface area contributed by atoms with Crippen molar-refractivity contribution in [3.8, 4) is 78.9 Å². The molecule has 5 nitrogen and oxygen atoms in total. The highest BCUT2D eigenvalue weighted by Crippen LogP contribution is 2.32. The van der Waals surface area contributed by atoms with Crippen LogP contribution in [0.1, 0.15) is 12.7 Å². The van der Waals surface area contributed by atoms with Gasteiger partial charge in [0.05, 0.1) is 11.4 Å². The first-order valence-corrected chi connectivity index (χ1v) is 18.2. The van der Waals surface area contributed by atoms with Gasteiger partial charge in [-0.25, -0.2) is 24.9 Å². The molecule has 0 unspecified atom stereocenters. The second kappa shape index (κ2) is 16.1. The van der Waals surface area contributed by atoms with Crippen molar-refractivity contribution >= 4 is 5.57 Å². The van der Waals surface area contributed by atoms with E-state index in [0.29, 0.717) is 23.3 Å². The molecule has 0 saturated carbocycles. The molecule has 2 aromatic heterocycles. The summed E-state index contributed by atoms with van der Waals surface area (Å²) in [4.78, 5) is 25.0. The molecular weight excluding hydrogens is 671 g/mol. The normalized spacial score (nSPS) is 11.5. The quantitative estimate of drug-likeness (QED) is 0.132. The molecule has 0 spiro atoms. The topological polar surface area (TPSA) is 64.5 Å². The van der Waals surface area contributed by atoms with Crippen molar-refractivity contribution in [3.05, 3.63) is 207 Å². The van der Waals surface area contributed by atoms with E-state index < -0.39 is 0 Å². The first-order chi connectivity index (χ1) is 27.1. The summed E-state index contributed by atoms with van der Waals surface area (Å²) in [5, 5.41) is 0. The minimum atomic E-state index is 0.606. The molecule has 0 aliphatic carbocycles. The van der Waals surface area contributed by atoms with Gasteiger partial charge in [-0.2, -0.15) is 0 Å². The maximum atomic E-state index is 5.04. The third-order valence-corrected chi connectivity index (χ3v) is 9.27. The Kier molecular flexibility index (Phi) is 10.2. The van der Waals surface area contributed by atoms with Crippen LogP contribution in [-0.4, -0.2) is 24.9 Å². The molecule has 0 fully saturated rings. The van der Waals surface area contributed by atoms with E-state index in [1.165, 1.54) is 0 Å². The molecule has 2 heterocycles. The van der Waals surface area contributed by atoms with Crippen LogP contribution in [0.5, 0.6) is 0 Å². The van der Waals surface area contributed by atoms with Gasteiger partial charge >= 0.3 is 0 Å². The van der Waals surface area contributed by atoms with E-state index in [1.54, 1.807) is 6.08 Å². The maximum absolute atomic E-state index is 5.04. The molecule has 6 aromatic carbocycles. The van der Waals surface area contributed by atoms with E-state index >= 15 is 0 Å². The summed E-state index contributed by atoms with van der Waals surface area (Å²) in [6.45, 7) is 5.81. The van der Waals surface area contributed by atoms with E-state index in [4.69, 9.17) is 24.9 Å². The van der Waals surface area contributed by atoms with Crippen molar-refractivity contribution in [1.29, 1.82) is 0 Å². The van der Waals surface area contributed by atoms with Crippen LogP contribution in [0.4, 0.5) is 0 Å². The summed E-state index contributed by atoms with van der Waals surface area (Å²) in [5.74, 6) is 2.52. The van der Waals surface area contributed by atoms with Crippen LogP contribution >= 0.6 is 0 Å². The Bertz CT molecular complexity index is 2650. The summed E-state index contributed by atoms with van der Waals surface area (Å²) in [5.41, 5.74) is 11.8. The predicted molar refractivity (Wildman–Crippen MR) is 226 cm³/mol. The molecule has 0 atom stereocenters. The molecule has 0 amide bonds. The second-order valence-electron chi connectivity index (χ2n) is 13.1. The van der Waals surface area contributed by atoms with E-state index in [1.807, 2.05) is 79.7 Å². The molecule has 0 saturated heterocycles. The minimum Gasteiger partial charge on any atom is -0.228 e. The van der Waals surface area contributed by atoms with E-state index in [0.717, 1.165) is 67.0 Å². The Balaban J connectivity index is 1.18. The van der Waals surface area contributed by atoms with Crippen LogP contribution in [0.3, 0.4) is 0 Å². The van der Waals surface area contributed by atoms with Crippen LogP contribution < -0.4 is 0 Å². The predicted octanol–water partition coefficient (Wildman–Crippen LogP) is 12.5. The van der Waals surface area contributed by atoms with Crippen LogP contribution in [0.15, 0.2) is 201 Å². The molecule has 55 heavy (non-hydrogen) atoms. The van der Waals surface area contributed by atoms with Crippen molar-refractivity contribution in [1.82, 2.24) is 24.9 Å². The standard InChI is InChI=1S/C50H37N5/c1-3-4-8-17-35(2)47-51-45(38-20-11-6-12-21-38)34-46(52-47)43-26-15-24-41(32-43)42-25-16-27-44(33-42)50-54-48(39-22-13-7-14-23-39)53-49(55-50)40-30-28-37(29-31-40)36-18-9-5-10-19-36/h3-34H,1H2,2H3/b8-4-,35-17+. The molecule has 0 N–H and O–H groups in total. The average Bonchev–Trinajstić information content (AvgIpc) is 3.27. The monoisotopic (exact) mass is 707 g/mol. The van der Waals surface area contributed by atoms with Gasteiger partial charge in [-0.1, -0.05) is 183 Å². The first-order valence-electron chi connectivity index (χ1n) is 18.2. The molecule has 8 aromatic rings.